The lowest BCUT2D eigenvalue weighted by Gasteiger charge is -2.39. The van der Waals surface area contributed by atoms with Crippen LogP contribution in [0.2, 0.25) is 0 Å². The van der Waals surface area contributed by atoms with Gasteiger partial charge >= 0.3 is 0 Å². The predicted molar refractivity (Wildman–Crippen MR) is 62.0 cm³/mol. The molecule has 78 valence electrons. The first kappa shape index (κ1) is 9.85. The molecule has 0 fully saturated rings. The number of fused-ring (bicyclic) bond motifs is 1. The van der Waals surface area contributed by atoms with Crippen LogP contribution in [0.15, 0.2) is 24.3 Å². The van der Waals surface area contributed by atoms with Gasteiger partial charge in [-0.3, -0.25) is 0 Å². The van der Waals surface area contributed by atoms with E-state index in [2.05, 4.69) is 28.4 Å². The fraction of sp³-hybridized carbons (Fsp3) is 0.417. The van der Waals surface area contributed by atoms with Crippen LogP contribution in [0.5, 0.6) is 0 Å². The largest absolute Gasteiger partial charge is 0.382 e. The van der Waals surface area contributed by atoms with Gasteiger partial charge < -0.3 is 10.2 Å². The van der Waals surface area contributed by atoms with Gasteiger partial charge in [-0.2, -0.15) is 5.26 Å². The van der Waals surface area contributed by atoms with Crippen LogP contribution in [-0.2, 0) is 0 Å². The molecule has 1 aromatic carbocycles. The van der Waals surface area contributed by atoms with Gasteiger partial charge in [0, 0.05) is 13.1 Å². The van der Waals surface area contributed by atoms with Gasteiger partial charge in [0.25, 0.3) is 0 Å². The second-order valence-electron chi connectivity index (χ2n) is 4.27. The van der Waals surface area contributed by atoms with Crippen LogP contribution in [0, 0.1) is 11.3 Å². The Morgan fingerprint density at radius 1 is 1.40 bits per heavy atom. The number of benzene rings is 1. The van der Waals surface area contributed by atoms with E-state index in [-0.39, 0.29) is 0 Å². The van der Waals surface area contributed by atoms with Crippen molar-refractivity contribution in [3.05, 3.63) is 24.3 Å². The summed E-state index contributed by atoms with van der Waals surface area (Å²) in [5.74, 6) is 0. The summed E-state index contributed by atoms with van der Waals surface area (Å²) in [5.41, 5.74) is 1.79. The van der Waals surface area contributed by atoms with Gasteiger partial charge in [0.2, 0.25) is 0 Å². The molecule has 1 aliphatic heterocycles. The van der Waals surface area contributed by atoms with Crippen LogP contribution >= 0.6 is 0 Å². The van der Waals surface area contributed by atoms with E-state index in [0.29, 0.717) is 0 Å². The Morgan fingerprint density at radius 3 is 2.87 bits per heavy atom. The monoisotopic (exact) mass is 201 g/mol. The second-order valence-corrected chi connectivity index (χ2v) is 4.27. The zero-order valence-electron chi connectivity index (χ0n) is 9.12. The highest BCUT2D eigenvalue weighted by Gasteiger charge is 2.29. The maximum atomic E-state index is 9.16. The molecule has 0 unspecified atom stereocenters. The van der Waals surface area contributed by atoms with Crippen LogP contribution in [0.25, 0.3) is 0 Å². The molecule has 1 aliphatic rings. The average Bonchev–Trinajstić information content (AvgIpc) is 2.28. The van der Waals surface area contributed by atoms with Gasteiger partial charge in [-0.1, -0.05) is 12.1 Å². The molecule has 0 saturated heterocycles. The Balaban J connectivity index is 2.43. The van der Waals surface area contributed by atoms with Crippen molar-refractivity contribution in [2.75, 3.05) is 23.3 Å². The van der Waals surface area contributed by atoms with E-state index in [9.17, 15) is 0 Å². The third-order valence-electron chi connectivity index (χ3n) is 2.79. The highest BCUT2D eigenvalue weighted by Crippen LogP contribution is 2.33. The van der Waals surface area contributed by atoms with Crippen molar-refractivity contribution in [2.24, 2.45) is 0 Å². The number of hydrogen-bond donors (Lipinski definition) is 1. The number of nitrogens with one attached hydrogen (secondary N) is 1. The van der Waals surface area contributed by atoms with Gasteiger partial charge in [0.1, 0.15) is 5.54 Å². The summed E-state index contributed by atoms with van der Waals surface area (Å²) >= 11 is 0. The van der Waals surface area contributed by atoms with E-state index < -0.39 is 5.54 Å². The molecule has 0 atom stereocenters. The molecule has 3 heteroatoms. The molecule has 0 radical (unpaired) electrons. The maximum Gasteiger partial charge on any atom is 0.122 e. The summed E-state index contributed by atoms with van der Waals surface area (Å²) < 4.78 is 0. The molecule has 0 spiro atoms. The Morgan fingerprint density at radius 2 is 2.13 bits per heavy atom. The van der Waals surface area contributed by atoms with Crippen molar-refractivity contribution < 1.29 is 0 Å². The molecule has 1 heterocycles. The third kappa shape index (κ3) is 1.63. The van der Waals surface area contributed by atoms with Crippen LogP contribution in [-0.4, -0.2) is 18.6 Å². The fourth-order valence-corrected chi connectivity index (χ4v) is 1.92. The van der Waals surface area contributed by atoms with E-state index in [0.717, 1.165) is 24.5 Å². The van der Waals surface area contributed by atoms with Crippen molar-refractivity contribution in [1.82, 2.24) is 0 Å². The van der Waals surface area contributed by atoms with Crippen molar-refractivity contribution in [3.63, 3.8) is 0 Å². The molecule has 1 N–H and O–H groups in total. The first-order chi connectivity index (χ1) is 7.15. The summed E-state index contributed by atoms with van der Waals surface area (Å²) in [5, 5.41) is 12.5. The number of rotatable bonds is 1. The van der Waals surface area contributed by atoms with Gasteiger partial charge in [-0.05, 0) is 26.0 Å². The summed E-state index contributed by atoms with van der Waals surface area (Å²) in [4.78, 5) is 2.15. The normalized spacial score (nSPS) is 15.1. The highest BCUT2D eigenvalue weighted by molar-refractivity contribution is 5.73. The lowest BCUT2D eigenvalue weighted by molar-refractivity contribution is 0.572. The third-order valence-corrected chi connectivity index (χ3v) is 2.79. The van der Waals surface area contributed by atoms with Crippen molar-refractivity contribution in [1.29, 1.82) is 5.26 Å². The fourth-order valence-electron chi connectivity index (χ4n) is 1.92. The van der Waals surface area contributed by atoms with Crippen LogP contribution < -0.4 is 10.2 Å². The Kier molecular flexibility index (Phi) is 2.28. The van der Waals surface area contributed by atoms with Crippen LogP contribution in [0.1, 0.15) is 13.8 Å². The molecule has 3 nitrogen and oxygen atoms in total. The van der Waals surface area contributed by atoms with Crippen LogP contribution in [0.4, 0.5) is 11.4 Å². The van der Waals surface area contributed by atoms with E-state index in [1.54, 1.807) is 0 Å². The van der Waals surface area contributed by atoms with Gasteiger partial charge in [0.05, 0.1) is 17.4 Å². The molecule has 15 heavy (non-hydrogen) atoms. The van der Waals surface area contributed by atoms with E-state index >= 15 is 0 Å². The molecule has 1 aromatic rings. The minimum absolute atomic E-state index is 0.446. The molecule has 0 aromatic heterocycles. The lowest BCUT2D eigenvalue weighted by Crippen LogP contribution is -2.47. The summed E-state index contributed by atoms with van der Waals surface area (Å²) in [6, 6.07) is 10.5. The molecular formula is C12H15N3. The Bertz CT molecular complexity index is 404. The van der Waals surface area contributed by atoms with Gasteiger partial charge in [-0.15, -0.1) is 0 Å². The number of para-hydroxylation sites is 2. The Hall–Kier alpha value is -1.69. The lowest BCUT2D eigenvalue weighted by atomic mass is 10.0. The molecular weight excluding hydrogens is 186 g/mol. The quantitative estimate of drug-likeness (QED) is 0.757. The molecule has 0 saturated carbocycles. The minimum atomic E-state index is -0.446. The van der Waals surface area contributed by atoms with Crippen molar-refractivity contribution in [2.45, 2.75) is 19.4 Å². The zero-order chi connectivity index (χ0) is 10.9. The predicted octanol–water partition coefficient (Wildman–Crippen LogP) is 2.22. The molecule has 0 bridgehead atoms. The first-order valence-corrected chi connectivity index (χ1v) is 5.17. The highest BCUT2D eigenvalue weighted by atomic mass is 15.2. The smallest absolute Gasteiger partial charge is 0.122 e. The molecule has 2 rings (SSSR count). The zero-order valence-corrected chi connectivity index (χ0v) is 9.12. The minimum Gasteiger partial charge on any atom is -0.382 e. The summed E-state index contributed by atoms with van der Waals surface area (Å²) in [6.07, 6.45) is 0. The van der Waals surface area contributed by atoms with E-state index in [4.69, 9.17) is 5.26 Å². The standard InChI is InChI=1S/C12H15N3/c1-12(2,9-13)15-8-7-14-10-5-3-4-6-11(10)15/h3-6,14H,7-8H2,1-2H3. The SMILES string of the molecule is CC(C)(C#N)N1CCNc2ccccc21. The summed E-state index contributed by atoms with van der Waals surface area (Å²) in [6.45, 7) is 5.67. The second kappa shape index (κ2) is 3.47. The van der Waals surface area contributed by atoms with E-state index in [1.807, 2.05) is 26.0 Å². The van der Waals surface area contributed by atoms with Gasteiger partial charge in [-0.25, -0.2) is 0 Å². The topological polar surface area (TPSA) is 39.1 Å². The van der Waals surface area contributed by atoms with Crippen LogP contribution in [0.3, 0.4) is 0 Å². The number of anilines is 2. The number of nitriles is 1. The summed E-state index contributed by atoms with van der Waals surface area (Å²) in [7, 11) is 0. The Labute approximate surface area is 90.3 Å². The maximum absolute atomic E-state index is 9.16. The van der Waals surface area contributed by atoms with Gasteiger partial charge in [0.15, 0.2) is 0 Å². The number of nitrogens with zero attached hydrogens (tertiary/aromatic N) is 2. The van der Waals surface area contributed by atoms with E-state index in [1.165, 1.54) is 0 Å². The number of hydrogen-bond acceptors (Lipinski definition) is 3. The average molecular weight is 201 g/mol. The molecule has 0 aliphatic carbocycles. The molecule has 0 amide bonds. The van der Waals surface area contributed by atoms with Crippen molar-refractivity contribution in [3.8, 4) is 6.07 Å². The van der Waals surface area contributed by atoms with Crippen molar-refractivity contribution >= 4 is 11.4 Å². The first-order valence-electron chi connectivity index (χ1n) is 5.17.